The lowest BCUT2D eigenvalue weighted by atomic mass is 10.0. The van der Waals surface area contributed by atoms with E-state index in [2.05, 4.69) is 32.3 Å². The molecule has 10 heteroatoms. The Labute approximate surface area is 187 Å². The number of hydrogen-bond donors (Lipinski definition) is 3. The second-order valence-corrected chi connectivity index (χ2v) is 6.92. The monoisotopic (exact) mass is 459 g/mol. The molecule has 1 aliphatic heterocycles. The number of carbonyl (C=O) groups is 1. The van der Waals surface area contributed by atoms with Gasteiger partial charge in [-0.05, 0) is 43.2 Å². The topological polar surface area (TPSA) is 90.4 Å². The van der Waals surface area contributed by atoms with Crippen molar-refractivity contribution in [2.24, 2.45) is 0 Å². The molecule has 0 radical (unpaired) electrons. The highest BCUT2D eigenvalue weighted by Gasteiger charge is 2.20. The quantitative estimate of drug-likeness (QED) is 0.347. The molecule has 1 amide bonds. The van der Waals surface area contributed by atoms with Crippen molar-refractivity contribution >= 4 is 54.2 Å². The number of likely N-dealkylation sites (tertiary alicyclic amines) is 1. The number of hydrogen-bond acceptors (Lipinski definition) is 6. The minimum Gasteiger partial charge on any atom is -0.365 e. The van der Waals surface area contributed by atoms with E-state index in [-0.39, 0.29) is 24.8 Å². The highest BCUT2D eigenvalue weighted by molar-refractivity contribution is 6.30. The lowest BCUT2D eigenvalue weighted by molar-refractivity contribution is -0.124. The van der Waals surface area contributed by atoms with Gasteiger partial charge in [0.2, 0.25) is 0 Å². The zero-order valence-electron chi connectivity index (χ0n) is 15.6. The van der Waals surface area contributed by atoms with Gasteiger partial charge in [0.25, 0.3) is 5.91 Å². The molecule has 29 heavy (non-hydrogen) atoms. The van der Waals surface area contributed by atoms with Crippen molar-refractivity contribution in [1.29, 1.82) is 0 Å². The summed E-state index contributed by atoms with van der Waals surface area (Å²) in [6.07, 6.45) is 8.10. The molecule has 1 aromatic carbocycles. The molecule has 158 valence electrons. The number of halogens is 3. The van der Waals surface area contributed by atoms with Crippen LogP contribution in [0.4, 0.5) is 5.82 Å². The van der Waals surface area contributed by atoms with Crippen molar-refractivity contribution in [2.75, 3.05) is 18.4 Å². The van der Waals surface area contributed by atoms with E-state index >= 15 is 0 Å². The molecule has 0 unspecified atom stereocenters. The Balaban J connectivity index is 0.00000210. The lowest BCUT2D eigenvalue weighted by Gasteiger charge is -2.33. The minimum absolute atomic E-state index is 0. The fourth-order valence-electron chi connectivity index (χ4n) is 3.07. The first-order valence-electron chi connectivity index (χ1n) is 8.80. The first kappa shape index (κ1) is 25.1. The predicted octanol–water partition coefficient (Wildman–Crippen LogP) is 3.57. The Bertz CT molecular complexity index is 787. The highest BCUT2D eigenvalue weighted by atomic mass is 35.5. The number of anilines is 1. The van der Waals surface area contributed by atoms with Crippen LogP contribution in [0.25, 0.3) is 6.08 Å². The van der Waals surface area contributed by atoms with E-state index in [1.807, 2.05) is 12.1 Å². The number of nitrogens with zero attached hydrogens (tertiary/aromatic N) is 3. The molecule has 0 bridgehead atoms. The van der Waals surface area contributed by atoms with Crippen LogP contribution in [0.15, 0.2) is 42.7 Å². The van der Waals surface area contributed by atoms with Crippen LogP contribution in [-0.4, -0.2) is 45.1 Å². The third kappa shape index (κ3) is 8.16. The van der Waals surface area contributed by atoms with Gasteiger partial charge in [-0.2, -0.15) is 0 Å². The Hall–Kier alpha value is -1.90. The molecule has 0 saturated carbocycles. The predicted molar refractivity (Wildman–Crippen MR) is 119 cm³/mol. The van der Waals surface area contributed by atoms with Gasteiger partial charge in [0, 0.05) is 30.2 Å². The van der Waals surface area contributed by atoms with E-state index in [4.69, 9.17) is 16.8 Å². The fourth-order valence-corrected chi connectivity index (χ4v) is 3.20. The van der Waals surface area contributed by atoms with Crippen molar-refractivity contribution in [3.05, 3.63) is 59.0 Å². The third-order valence-electron chi connectivity index (χ3n) is 4.36. The smallest absolute Gasteiger partial charge is 0.267 e. The second kappa shape index (κ2) is 12.6. The molecule has 0 aliphatic carbocycles. The Morgan fingerprint density at radius 2 is 2.00 bits per heavy atom. The molecule has 2 aromatic rings. The largest absolute Gasteiger partial charge is 0.365 e. The molecule has 1 aromatic heterocycles. The maximum atomic E-state index is 11.0. The van der Waals surface area contributed by atoms with Gasteiger partial charge in [-0.25, -0.2) is 10.5 Å². The van der Waals surface area contributed by atoms with Crippen molar-refractivity contribution in [2.45, 2.75) is 25.4 Å². The van der Waals surface area contributed by atoms with E-state index in [9.17, 15) is 4.79 Å². The van der Waals surface area contributed by atoms with Crippen molar-refractivity contribution in [1.82, 2.24) is 20.3 Å². The van der Waals surface area contributed by atoms with Crippen molar-refractivity contribution < 1.29 is 10.0 Å². The summed E-state index contributed by atoms with van der Waals surface area (Å²) in [5.41, 5.74) is 3.32. The average Bonchev–Trinajstić information content (AvgIpc) is 2.69. The average molecular weight is 461 g/mol. The summed E-state index contributed by atoms with van der Waals surface area (Å²) in [5, 5.41) is 12.6. The summed E-state index contributed by atoms with van der Waals surface area (Å²) in [5.74, 6) is 0.0964. The van der Waals surface area contributed by atoms with Crippen molar-refractivity contribution in [3.63, 3.8) is 0 Å². The van der Waals surface area contributed by atoms with Crippen LogP contribution in [0.2, 0.25) is 5.02 Å². The van der Waals surface area contributed by atoms with Gasteiger partial charge in [0.15, 0.2) is 0 Å². The Morgan fingerprint density at radius 1 is 1.24 bits per heavy atom. The van der Waals surface area contributed by atoms with E-state index in [1.165, 1.54) is 23.2 Å². The molecule has 0 spiro atoms. The number of amides is 1. The van der Waals surface area contributed by atoms with Gasteiger partial charge in [-0.3, -0.25) is 19.9 Å². The number of nitrogens with one attached hydrogen (secondary N) is 2. The summed E-state index contributed by atoms with van der Waals surface area (Å²) < 4.78 is 0. The molecule has 1 fully saturated rings. The molecule has 1 aliphatic rings. The number of piperidine rings is 1. The van der Waals surface area contributed by atoms with Gasteiger partial charge in [0.05, 0.1) is 18.1 Å². The van der Waals surface area contributed by atoms with E-state index < -0.39 is 5.91 Å². The fraction of sp³-hybridized carbons (Fsp3) is 0.316. The van der Waals surface area contributed by atoms with Crippen molar-refractivity contribution in [3.8, 4) is 0 Å². The maximum Gasteiger partial charge on any atom is 0.267 e. The van der Waals surface area contributed by atoms with Crippen LogP contribution in [0, 0.1) is 0 Å². The highest BCUT2D eigenvalue weighted by Crippen LogP contribution is 2.18. The zero-order chi connectivity index (χ0) is 19.1. The molecule has 1 atom stereocenters. The summed E-state index contributed by atoms with van der Waals surface area (Å²) in [6, 6.07) is 8.28. The Kier molecular flexibility index (Phi) is 10.9. The normalized spacial score (nSPS) is 16.6. The van der Waals surface area contributed by atoms with Crippen LogP contribution in [0.5, 0.6) is 0 Å². The molecule has 1 saturated heterocycles. The molecule has 2 heterocycles. The summed E-state index contributed by atoms with van der Waals surface area (Å²) in [7, 11) is 0. The van der Waals surface area contributed by atoms with Crippen LogP contribution in [0.3, 0.4) is 0 Å². The van der Waals surface area contributed by atoms with Gasteiger partial charge in [-0.15, -0.1) is 24.8 Å². The van der Waals surface area contributed by atoms with Crippen LogP contribution in [0.1, 0.15) is 24.1 Å². The van der Waals surface area contributed by atoms with Crippen LogP contribution in [-0.2, 0) is 11.3 Å². The first-order chi connectivity index (χ1) is 13.1. The van der Waals surface area contributed by atoms with Gasteiger partial charge in [0.1, 0.15) is 5.82 Å². The van der Waals surface area contributed by atoms with Gasteiger partial charge < -0.3 is 5.32 Å². The van der Waals surface area contributed by atoms with E-state index in [0.29, 0.717) is 17.6 Å². The first-order valence-corrected chi connectivity index (χ1v) is 9.18. The summed E-state index contributed by atoms with van der Waals surface area (Å²) in [6.45, 7) is 2.91. The number of benzene rings is 1. The lowest BCUT2D eigenvalue weighted by Crippen LogP contribution is -2.41. The minimum atomic E-state index is -0.609. The van der Waals surface area contributed by atoms with E-state index in [0.717, 1.165) is 37.5 Å². The molecular weight excluding hydrogens is 437 g/mol. The zero-order valence-corrected chi connectivity index (χ0v) is 18.0. The summed E-state index contributed by atoms with van der Waals surface area (Å²) in [4.78, 5) is 22.0. The number of hydroxylamine groups is 1. The molecular formula is C19H24Cl3N5O2. The Morgan fingerprint density at radius 3 is 2.66 bits per heavy atom. The molecule has 3 N–H and O–H groups in total. The third-order valence-corrected chi connectivity index (χ3v) is 4.62. The summed E-state index contributed by atoms with van der Waals surface area (Å²) >= 11 is 5.95. The molecule has 7 nitrogen and oxygen atoms in total. The standard InChI is InChI=1S/C19H22ClN5O2.2ClH/c20-15-5-3-14(4-6-15)12-25-9-1-2-17(13-25)23-18-11-21-16(10-22-18)7-8-19(26)24-27;;/h3-8,10-11,17,27H,1-2,9,12-13H2,(H,22,23)(H,24,26);2*1H/b8-7+;;/t17-;;/m1../s1. The van der Waals surface area contributed by atoms with Gasteiger partial charge in [-0.1, -0.05) is 23.7 Å². The number of carbonyl (C=O) groups excluding carboxylic acids is 1. The molecule has 3 rings (SSSR count). The van der Waals surface area contributed by atoms with Crippen LogP contribution < -0.4 is 10.8 Å². The number of rotatable bonds is 6. The maximum absolute atomic E-state index is 11.0. The SMILES string of the molecule is Cl.Cl.O=C(/C=C/c1cnc(N[C@@H]2CCCN(Cc3ccc(Cl)cc3)C2)cn1)NO. The van der Waals surface area contributed by atoms with Gasteiger partial charge >= 0.3 is 0 Å². The number of aromatic nitrogens is 2. The van der Waals surface area contributed by atoms with Crippen LogP contribution >= 0.6 is 36.4 Å². The van der Waals surface area contributed by atoms with E-state index in [1.54, 1.807) is 12.4 Å². The second-order valence-electron chi connectivity index (χ2n) is 6.48.